The van der Waals surface area contributed by atoms with Crippen LogP contribution in [-0.2, 0) is 4.79 Å². The van der Waals surface area contributed by atoms with Crippen molar-refractivity contribution in [2.45, 2.75) is 45.4 Å². The number of hydrogen-bond donors (Lipinski definition) is 0. The Labute approximate surface area is 148 Å². The van der Waals surface area contributed by atoms with E-state index in [-0.39, 0.29) is 5.92 Å². The maximum absolute atomic E-state index is 12.8. The fraction of sp³-hybridized carbons (Fsp3) is 0.632. The lowest BCUT2D eigenvalue weighted by atomic mass is 9.96. The van der Waals surface area contributed by atoms with Gasteiger partial charge >= 0.3 is 0 Å². The summed E-state index contributed by atoms with van der Waals surface area (Å²) >= 11 is 0. The summed E-state index contributed by atoms with van der Waals surface area (Å²) in [6.07, 6.45) is 6.14. The molecule has 4 heterocycles. The summed E-state index contributed by atoms with van der Waals surface area (Å²) in [5.74, 6) is 1.88. The van der Waals surface area contributed by atoms with Gasteiger partial charge in [-0.1, -0.05) is 13.8 Å². The SMILES string of the molecule is CC(C)c1cc(N2CCC[C@@H](C(=O)N3CCCC3)C2)n2nccc2n1. The molecule has 2 aliphatic heterocycles. The molecule has 2 fully saturated rings. The Morgan fingerprint density at radius 2 is 2.00 bits per heavy atom. The lowest BCUT2D eigenvalue weighted by molar-refractivity contribution is -0.134. The predicted octanol–water partition coefficient (Wildman–Crippen LogP) is 2.69. The topological polar surface area (TPSA) is 53.7 Å². The zero-order valence-corrected chi connectivity index (χ0v) is 15.2. The first-order chi connectivity index (χ1) is 12.1. The Hall–Kier alpha value is -2.11. The first-order valence-corrected chi connectivity index (χ1v) is 9.52. The second kappa shape index (κ2) is 6.65. The molecule has 0 aromatic carbocycles. The number of rotatable bonds is 3. The maximum atomic E-state index is 12.8. The van der Waals surface area contributed by atoms with Crippen LogP contribution in [0.25, 0.3) is 5.65 Å². The van der Waals surface area contributed by atoms with Gasteiger partial charge in [-0.2, -0.15) is 9.61 Å². The molecular formula is C19H27N5O. The van der Waals surface area contributed by atoms with Crippen LogP contribution >= 0.6 is 0 Å². The number of amides is 1. The summed E-state index contributed by atoms with van der Waals surface area (Å²) in [6.45, 7) is 7.95. The van der Waals surface area contributed by atoms with Crippen LogP contribution in [0.4, 0.5) is 5.82 Å². The second-order valence-electron chi connectivity index (χ2n) is 7.61. The standard InChI is InChI=1S/C19H27N5O/c1-14(2)16-12-18(24-17(21-16)7-8-20-24)23-11-5-6-15(13-23)19(25)22-9-3-4-10-22/h7-8,12,14-15H,3-6,9-11,13H2,1-2H3/t15-/m1/s1. The third-order valence-corrected chi connectivity index (χ3v) is 5.46. The summed E-state index contributed by atoms with van der Waals surface area (Å²) < 4.78 is 1.91. The zero-order valence-electron chi connectivity index (χ0n) is 15.2. The first kappa shape index (κ1) is 16.4. The molecule has 25 heavy (non-hydrogen) atoms. The van der Waals surface area contributed by atoms with Gasteiger partial charge in [-0.15, -0.1) is 0 Å². The van der Waals surface area contributed by atoms with E-state index in [4.69, 9.17) is 4.98 Å². The minimum atomic E-state index is 0.105. The van der Waals surface area contributed by atoms with E-state index in [1.54, 1.807) is 6.20 Å². The average molecular weight is 341 g/mol. The zero-order chi connectivity index (χ0) is 17.4. The second-order valence-corrected chi connectivity index (χ2v) is 7.61. The number of hydrogen-bond acceptors (Lipinski definition) is 4. The highest BCUT2D eigenvalue weighted by Gasteiger charge is 2.31. The highest BCUT2D eigenvalue weighted by atomic mass is 16.2. The number of carbonyl (C=O) groups is 1. The van der Waals surface area contributed by atoms with Gasteiger partial charge in [0.05, 0.1) is 12.1 Å². The molecule has 6 nitrogen and oxygen atoms in total. The van der Waals surface area contributed by atoms with E-state index in [2.05, 4.69) is 34.8 Å². The molecule has 2 aromatic heterocycles. The van der Waals surface area contributed by atoms with Crippen molar-refractivity contribution in [2.24, 2.45) is 5.92 Å². The van der Waals surface area contributed by atoms with Gasteiger partial charge in [-0.3, -0.25) is 4.79 Å². The van der Waals surface area contributed by atoms with Crippen LogP contribution in [0, 0.1) is 5.92 Å². The lowest BCUT2D eigenvalue weighted by Gasteiger charge is -2.35. The Morgan fingerprint density at radius 3 is 2.76 bits per heavy atom. The summed E-state index contributed by atoms with van der Waals surface area (Å²) in [7, 11) is 0. The number of piperidine rings is 1. The van der Waals surface area contributed by atoms with Crippen molar-refractivity contribution in [3.8, 4) is 0 Å². The summed E-state index contributed by atoms with van der Waals surface area (Å²) in [6, 6.07) is 4.10. The fourth-order valence-corrected chi connectivity index (χ4v) is 4.02. The van der Waals surface area contributed by atoms with Crippen LogP contribution in [0.1, 0.15) is 51.1 Å². The van der Waals surface area contributed by atoms with Crippen LogP contribution in [0.5, 0.6) is 0 Å². The Morgan fingerprint density at radius 1 is 1.20 bits per heavy atom. The van der Waals surface area contributed by atoms with E-state index >= 15 is 0 Å². The quantitative estimate of drug-likeness (QED) is 0.861. The fourth-order valence-electron chi connectivity index (χ4n) is 4.02. The number of aromatic nitrogens is 3. The molecule has 0 N–H and O–H groups in total. The Bertz CT molecular complexity index is 762. The summed E-state index contributed by atoms with van der Waals surface area (Å²) in [4.78, 5) is 21.9. The average Bonchev–Trinajstić information content (AvgIpc) is 3.31. The van der Waals surface area contributed by atoms with Gasteiger partial charge < -0.3 is 9.80 Å². The Kier molecular flexibility index (Phi) is 4.36. The molecule has 1 atom stereocenters. The monoisotopic (exact) mass is 341 g/mol. The van der Waals surface area contributed by atoms with Crippen molar-refractivity contribution in [3.63, 3.8) is 0 Å². The van der Waals surface area contributed by atoms with Crippen LogP contribution < -0.4 is 4.90 Å². The summed E-state index contributed by atoms with van der Waals surface area (Å²) in [5.41, 5.74) is 1.96. The van der Waals surface area contributed by atoms with E-state index in [0.717, 1.165) is 69.0 Å². The van der Waals surface area contributed by atoms with Crippen LogP contribution in [0.15, 0.2) is 18.3 Å². The van der Waals surface area contributed by atoms with Crippen molar-refractivity contribution in [1.29, 1.82) is 0 Å². The maximum Gasteiger partial charge on any atom is 0.227 e. The minimum absolute atomic E-state index is 0.105. The molecule has 2 aliphatic rings. The molecule has 4 rings (SSSR count). The van der Waals surface area contributed by atoms with Gasteiger partial charge in [0.1, 0.15) is 5.82 Å². The molecule has 0 radical (unpaired) electrons. The van der Waals surface area contributed by atoms with Gasteiger partial charge in [0.25, 0.3) is 0 Å². The van der Waals surface area contributed by atoms with E-state index in [0.29, 0.717) is 11.8 Å². The third-order valence-electron chi connectivity index (χ3n) is 5.46. The van der Waals surface area contributed by atoms with Crippen molar-refractivity contribution in [2.75, 3.05) is 31.1 Å². The van der Waals surface area contributed by atoms with Crippen molar-refractivity contribution in [3.05, 3.63) is 24.0 Å². The van der Waals surface area contributed by atoms with Gasteiger partial charge in [0.15, 0.2) is 5.65 Å². The Balaban J connectivity index is 1.61. The molecule has 134 valence electrons. The molecule has 1 amide bonds. The van der Waals surface area contributed by atoms with E-state index in [9.17, 15) is 4.79 Å². The number of fused-ring (bicyclic) bond motifs is 1. The normalized spacial score (nSPS) is 21.5. The number of nitrogens with zero attached hydrogens (tertiary/aromatic N) is 5. The van der Waals surface area contributed by atoms with Crippen molar-refractivity contribution < 1.29 is 4.79 Å². The van der Waals surface area contributed by atoms with E-state index in [1.165, 1.54) is 0 Å². The molecular weight excluding hydrogens is 314 g/mol. The third kappa shape index (κ3) is 3.10. The molecule has 6 heteroatoms. The van der Waals surface area contributed by atoms with Gasteiger partial charge in [0.2, 0.25) is 5.91 Å². The number of likely N-dealkylation sites (tertiary alicyclic amines) is 1. The number of carbonyl (C=O) groups excluding carboxylic acids is 1. The van der Waals surface area contributed by atoms with Crippen LogP contribution in [0.2, 0.25) is 0 Å². The molecule has 2 aromatic rings. The smallest absolute Gasteiger partial charge is 0.227 e. The molecule has 0 saturated carbocycles. The minimum Gasteiger partial charge on any atom is -0.356 e. The molecule has 0 bridgehead atoms. The lowest BCUT2D eigenvalue weighted by Crippen LogP contribution is -2.44. The first-order valence-electron chi connectivity index (χ1n) is 9.52. The van der Waals surface area contributed by atoms with Gasteiger partial charge in [-0.05, 0) is 31.6 Å². The van der Waals surface area contributed by atoms with Gasteiger partial charge in [0, 0.05) is 44.0 Å². The van der Waals surface area contributed by atoms with Crippen LogP contribution in [-0.4, -0.2) is 51.6 Å². The van der Waals surface area contributed by atoms with Crippen molar-refractivity contribution in [1.82, 2.24) is 19.5 Å². The molecule has 2 saturated heterocycles. The molecule has 0 aliphatic carbocycles. The highest BCUT2D eigenvalue weighted by molar-refractivity contribution is 5.80. The molecule has 0 spiro atoms. The number of anilines is 1. The van der Waals surface area contributed by atoms with E-state index < -0.39 is 0 Å². The highest BCUT2D eigenvalue weighted by Crippen LogP contribution is 2.28. The van der Waals surface area contributed by atoms with Gasteiger partial charge in [-0.25, -0.2) is 4.98 Å². The largest absolute Gasteiger partial charge is 0.356 e. The van der Waals surface area contributed by atoms with E-state index in [1.807, 2.05) is 10.6 Å². The van der Waals surface area contributed by atoms with Crippen molar-refractivity contribution >= 4 is 17.4 Å². The summed E-state index contributed by atoms with van der Waals surface area (Å²) in [5, 5.41) is 4.46. The predicted molar refractivity (Wildman–Crippen MR) is 97.8 cm³/mol. The molecule has 0 unspecified atom stereocenters. The van der Waals surface area contributed by atoms with Crippen LogP contribution in [0.3, 0.4) is 0 Å².